The van der Waals surface area contributed by atoms with Crippen molar-refractivity contribution in [1.29, 1.82) is 0 Å². The molecule has 0 heterocycles. The van der Waals surface area contributed by atoms with Gasteiger partial charge in [0.15, 0.2) is 0 Å². The van der Waals surface area contributed by atoms with E-state index in [1.54, 1.807) is 21.7 Å². The smallest absolute Gasteiger partial charge is 0.264 e. The Bertz CT molecular complexity index is 2200. The number of benzene rings is 5. The van der Waals surface area contributed by atoms with E-state index in [1.165, 1.54) is 0 Å². The van der Waals surface area contributed by atoms with Crippen LogP contribution in [0.1, 0.15) is 11.1 Å². The second-order valence-corrected chi connectivity index (χ2v) is 14.1. The Morgan fingerprint density at radius 3 is 1.14 bits per heavy atom. The number of fused-ring (bicyclic) bond motifs is 2. The third-order valence-corrected chi connectivity index (χ3v) is 9.58. The summed E-state index contributed by atoms with van der Waals surface area (Å²) in [5.41, 5.74) is 4.93. The second-order valence-electron chi connectivity index (χ2n) is 12.7. The van der Waals surface area contributed by atoms with Gasteiger partial charge in [0.1, 0.15) is 23.0 Å². The van der Waals surface area contributed by atoms with E-state index in [2.05, 4.69) is 54.7 Å². The zero-order valence-corrected chi connectivity index (χ0v) is 33.3. The molecule has 0 bridgehead atoms. The molecule has 5 aromatic carbocycles. The summed E-state index contributed by atoms with van der Waals surface area (Å²) >= 11 is 22.5. The molecule has 0 aliphatic rings. The standard InChI is InChI=1S/C39H40N4O4S4/c1-22-10-12-24-16-28(32(18-26(24)14-22)44-36(48)40-3)30-20-35(47-39(51)43(8)9)31(21-34(30)46-38(50)42(6)7)29-17-25-13-11-23(2)15-27(25)19-33(29)45-37(49)41(4)5/h10-21H,1-9H3,(H,40,48). The molecule has 0 spiro atoms. The van der Waals surface area contributed by atoms with Crippen LogP contribution in [0.15, 0.2) is 72.8 Å². The van der Waals surface area contributed by atoms with E-state index in [-0.39, 0.29) is 15.5 Å². The lowest BCUT2D eigenvalue weighted by Gasteiger charge is -2.24. The van der Waals surface area contributed by atoms with E-state index in [1.807, 2.05) is 79.5 Å². The van der Waals surface area contributed by atoms with Gasteiger partial charge in [0.25, 0.3) is 20.7 Å². The van der Waals surface area contributed by atoms with Gasteiger partial charge in [-0.25, -0.2) is 0 Å². The van der Waals surface area contributed by atoms with Gasteiger partial charge in [-0.1, -0.05) is 47.5 Å². The summed E-state index contributed by atoms with van der Waals surface area (Å²) < 4.78 is 25.6. The molecule has 0 atom stereocenters. The van der Waals surface area contributed by atoms with Crippen LogP contribution in [-0.4, -0.2) is 84.7 Å². The molecule has 0 aliphatic carbocycles. The molecule has 264 valence electrons. The first-order valence-electron chi connectivity index (χ1n) is 16.0. The van der Waals surface area contributed by atoms with Gasteiger partial charge in [-0.2, -0.15) is 0 Å². The van der Waals surface area contributed by atoms with E-state index in [9.17, 15) is 0 Å². The minimum Gasteiger partial charge on any atom is -0.431 e. The number of rotatable bonds is 6. The molecule has 0 amide bonds. The molecular formula is C39H40N4O4S4. The van der Waals surface area contributed by atoms with Crippen molar-refractivity contribution in [3.05, 3.63) is 83.9 Å². The molecule has 0 unspecified atom stereocenters. The summed E-state index contributed by atoms with van der Waals surface area (Å²) in [4.78, 5) is 5.19. The van der Waals surface area contributed by atoms with Crippen LogP contribution in [0, 0.1) is 13.8 Å². The second kappa shape index (κ2) is 15.7. The molecule has 0 aromatic heterocycles. The Labute approximate surface area is 320 Å². The number of nitrogens with one attached hydrogen (secondary N) is 1. The van der Waals surface area contributed by atoms with Crippen molar-refractivity contribution in [2.75, 3.05) is 49.3 Å². The molecule has 5 aromatic rings. The van der Waals surface area contributed by atoms with E-state index in [4.69, 9.17) is 67.8 Å². The fourth-order valence-electron chi connectivity index (χ4n) is 5.24. The summed E-state index contributed by atoms with van der Waals surface area (Å²) in [5.74, 6) is 1.95. The predicted octanol–water partition coefficient (Wildman–Crippen LogP) is 8.50. The van der Waals surface area contributed by atoms with Gasteiger partial charge in [-0.15, -0.1) is 0 Å². The van der Waals surface area contributed by atoms with Crippen molar-refractivity contribution < 1.29 is 18.9 Å². The molecule has 0 aliphatic heterocycles. The minimum absolute atomic E-state index is 0.210. The molecule has 0 saturated carbocycles. The van der Waals surface area contributed by atoms with E-state index >= 15 is 0 Å². The summed E-state index contributed by atoms with van der Waals surface area (Å²) in [5, 5.41) is 7.91. The third-order valence-electron chi connectivity index (χ3n) is 7.94. The van der Waals surface area contributed by atoms with Gasteiger partial charge < -0.3 is 39.0 Å². The fourth-order valence-corrected chi connectivity index (χ4v) is 5.60. The third kappa shape index (κ3) is 8.65. The zero-order valence-electron chi connectivity index (χ0n) is 30.0. The van der Waals surface area contributed by atoms with Crippen molar-refractivity contribution in [3.63, 3.8) is 0 Å². The highest BCUT2D eigenvalue weighted by Crippen LogP contribution is 2.48. The van der Waals surface area contributed by atoms with E-state index in [0.717, 1.165) is 32.7 Å². The lowest BCUT2D eigenvalue weighted by molar-refractivity contribution is 0.441. The van der Waals surface area contributed by atoms with Crippen molar-refractivity contribution >= 4 is 91.1 Å². The van der Waals surface area contributed by atoms with Gasteiger partial charge in [-0.3, -0.25) is 0 Å². The molecule has 8 nitrogen and oxygen atoms in total. The average Bonchev–Trinajstić information content (AvgIpc) is 3.07. The number of thiocarbonyl (C=S) groups is 4. The van der Waals surface area contributed by atoms with Gasteiger partial charge >= 0.3 is 0 Å². The van der Waals surface area contributed by atoms with E-state index in [0.29, 0.717) is 50.4 Å². The van der Waals surface area contributed by atoms with Gasteiger partial charge in [0, 0.05) is 71.6 Å². The molecule has 51 heavy (non-hydrogen) atoms. The maximum absolute atomic E-state index is 6.50. The minimum atomic E-state index is 0.210. The highest BCUT2D eigenvalue weighted by Gasteiger charge is 2.25. The van der Waals surface area contributed by atoms with Crippen LogP contribution < -0.4 is 24.3 Å². The molecule has 0 saturated heterocycles. The quantitative estimate of drug-likeness (QED) is 0.169. The summed E-state index contributed by atoms with van der Waals surface area (Å²) in [7, 11) is 12.7. The summed E-state index contributed by atoms with van der Waals surface area (Å²) in [6.07, 6.45) is 0. The van der Waals surface area contributed by atoms with Crippen molar-refractivity contribution in [2.45, 2.75) is 13.8 Å². The van der Waals surface area contributed by atoms with Crippen molar-refractivity contribution in [2.24, 2.45) is 0 Å². The number of aryl methyl sites for hydroxylation is 2. The fraction of sp³-hybridized carbons (Fsp3) is 0.231. The Morgan fingerprint density at radius 1 is 0.451 bits per heavy atom. The van der Waals surface area contributed by atoms with Crippen LogP contribution in [0.4, 0.5) is 0 Å². The van der Waals surface area contributed by atoms with E-state index < -0.39 is 0 Å². The first-order valence-corrected chi connectivity index (χ1v) is 17.6. The SMILES string of the molecule is CNC(=S)Oc1cc2cc(C)ccc2cc1-c1cc(OC(=S)N(C)C)c(-c2cc3ccc(C)cc3cc2OC(=S)N(C)C)cc1OC(=S)N(C)C. The molecular weight excluding hydrogens is 717 g/mol. The lowest BCUT2D eigenvalue weighted by atomic mass is 9.93. The molecule has 1 N–H and O–H groups in total. The Hall–Kier alpha value is -4.62. The molecule has 0 fully saturated rings. The van der Waals surface area contributed by atoms with Gasteiger partial charge in [0.2, 0.25) is 0 Å². The Kier molecular flexibility index (Phi) is 11.6. The number of hydrogen-bond acceptors (Lipinski definition) is 8. The normalized spacial score (nSPS) is 10.8. The highest BCUT2D eigenvalue weighted by atomic mass is 32.1. The van der Waals surface area contributed by atoms with Gasteiger partial charge in [-0.05, 0) is 121 Å². The molecule has 12 heteroatoms. The maximum Gasteiger partial charge on any atom is 0.264 e. The highest BCUT2D eigenvalue weighted by molar-refractivity contribution is 7.80. The average molecular weight is 757 g/mol. The lowest BCUT2D eigenvalue weighted by Crippen LogP contribution is -2.26. The van der Waals surface area contributed by atoms with Crippen LogP contribution in [-0.2, 0) is 0 Å². The first-order chi connectivity index (χ1) is 24.1. The van der Waals surface area contributed by atoms with Crippen LogP contribution in [0.2, 0.25) is 0 Å². The molecule has 0 radical (unpaired) electrons. The van der Waals surface area contributed by atoms with Crippen LogP contribution in [0.3, 0.4) is 0 Å². The van der Waals surface area contributed by atoms with Gasteiger partial charge in [0.05, 0.1) is 0 Å². The summed E-state index contributed by atoms with van der Waals surface area (Å²) in [6.45, 7) is 4.10. The number of hydrogen-bond donors (Lipinski definition) is 1. The van der Waals surface area contributed by atoms with Crippen molar-refractivity contribution in [1.82, 2.24) is 20.0 Å². The van der Waals surface area contributed by atoms with Crippen LogP contribution >= 0.6 is 48.9 Å². The number of nitrogens with zero attached hydrogens (tertiary/aromatic N) is 3. The largest absolute Gasteiger partial charge is 0.431 e. The zero-order chi connectivity index (χ0) is 37.1. The number of ether oxygens (including phenoxy) is 4. The van der Waals surface area contributed by atoms with Crippen LogP contribution in [0.25, 0.3) is 43.8 Å². The molecule has 5 rings (SSSR count). The van der Waals surface area contributed by atoms with Crippen molar-refractivity contribution in [3.8, 4) is 45.3 Å². The monoisotopic (exact) mass is 756 g/mol. The first kappa shape index (κ1) is 37.6. The predicted molar refractivity (Wildman–Crippen MR) is 225 cm³/mol. The Balaban J connectivity index is 1.88. The topological polar surface area (TPSA) is 58.7 Å². The summed E-state index contributed by atoms with van der Waals surface area (Å²) in [6, 6.07) is 24.3. The van der Waals surface area contributed by atoms with Crippen LogP contribution in [0.5, 0.6) is 23.0 Å². The Morgan fingerprint density at radius 2 is 0.784 bits per heavy atom. The maximum atomic E-state index is 6.50.